The molecule has 1 fully saturated rings. The van der Waals surface area contributed by atoms with Crippen molar-refractivity contribution in [1.29, 1.82) is 0 Å². The Kier molecular flexibility index (Phi) is 4.13. The van der Waals surface area contributed by atoms with Crippen LogP contribution in [0.5, 0.6) is 11.5 Å². The maximum absolute atomic E-state index is 12.9. The molecular formula is C18H20N4O3. The first-order valence-electron chi connectivity index (χ1n) is 8.45. The Balaban J connectivity index is 1.46. The third-order valence-corrected chi connectivity index (χ3v) is 4.47. The molecule has 7 heteroatoms. The van der Waals surface area contributed by atoms with Gasteiger partial charge in [0, 0.05) is 26.2 Å². The fraction of sp³-hybridized carbons (Fsp3) is 0.389. The standard InChI is InChI=1S/C18H20N4O3/c1-13-5-6-16(20-19-13)21-7-9-22(10-8-21)18(23)14-3-2-4-15-17(14)25-12-11-24-15/h2-6H,7-12H2,1H3. The van der Waals surface area contributed by atoms with Crippen LogP contribution < -0.4 is 14.4 Å². The third kappa shape index (κ3) is 3.09. The number of carbonyl (C=O) groups excluding carboxylic acids is 1. The second-order valence-corrected chi connectivity index (χ2v) is 6.14. The Morgan fingerprint density at radius 1 is 1.00 bits per heavy atom. The molecule has 2 aliphatic rings. The van der Waals surface area contributed by atoms with Crippen LogP contribution in [0.4, 0.5) is 5.82 Å². The highest BCUT2D eigenvalue weighted by atomic mass is 16.6. The van der Waals surface area contributed by atoms with E-state index in [9.17, 15) is 4.79 Å². The van der Waals surface area contributed by atoms with Gasteiger partial charge in [0.1, 0.15) is 13.2 Å². The number of rotatable bonds is 2. The molecule has 25 heavy (non-hydrogen) atoms. The zero-order valence-corrected chi connectivity index (χ0v) is 14.1. The van der Waals surface area contributed by atoms with E-state index in [-0.39, 0.29) is 5.91 Å². The predicted octanol–water partition coefficient (Wildman–Crippen LogP) is 1.52. The second-order valence-electron chi connectivity index (χ2n) is 6.14. The molecule has 7 nitrogen and oxygen atoms in total. The summed E-state index contributed by atoms with van der Waals surface area (Å²) < 4.78 is 11.2. The number of aryl methyl sites for hydroxylation is 1. The van der Waals surface area contributed by atoms with Crippen molar-refractivity contribution in [3.63, 3.8) is 0 Å². The fourth-order valence-electron chi connectivity index (χ4n) is 3.11. The minimum absolute atomic E-state index is 0.0167. The molecule has 130 valence electrons. The molecular weight excluding hydrogens is 320 g/mol. The summed E-state index contributed by atoms with van der Waals surface area (Å²) in [4.78, 5) is 16.9. The monoisotopic (exact) mass is 340 g/mol. The molecule has 1 amide bonds. The second kappa shape index (κ2) is 6.58. The Morgan fingerprint density at radius 2 is 1.80 bits per heavy atom. The van der Waals surface area contributed by atoms with Crippen LogP contribution >= 0.6 is 0 Å². The number of aromatic nitrogens is 2. The van der Waals surface area contributed by atoms with Gasteiger partial charge in [0.05, 0.1) is 11.3 Å². The maximum atomic E-state index is 12.9. The average molecular weight is 340 g/mol. The fourth-order valence-corrected chi connectivity index (χ4v) is 3.11. The van der Waals surface area contributed by atoms with Crippen LogP contribution in [0.25, 0.3) is 0 Å². The van der Waals surface area contributed by atoms with Crippen LogP contribution in [-0.2, 0) is 0 Å². The number of para-hydroxylation sites is 1. The molecule has 1 aromatic carbocycles. The van der Waals surface area contributed by atoms with Gasteiger partial charge in [0.25, 0.3) is 5.91 Å². The van der Waals surface area contributed by atoms with E-state index in [1.807, 2.05) is 36.1 Å². The molecule has 0 atom stereocenters. The highest BCUT2D eigenvalue weighted by molar-refractivity contribution is 5.98. The van der Waals surface area contributed by atoms with Crippen molar-refractivity contribution in [2.75, 3.05) is 44.3 Å². The molecule has 4 rings (SSSR count). The summed E-state index contributed by atoms with van der Waals surface area (Å²) in [5.74, 6) is 2.04. The summed E-state index contributed by atoms with van der Waals surface area (Å²) >= 11 is 0. The molecule has 0 radical (unpaired) electrons. The number of fused-ring (bicyclic) bond motifs is 1. The summed E-state index contributed by atoms with van der Waals surface area (Å²) in [5.41, 5.74) is 1.47. The molecule has 0 N–H and O–H groups in total. The van der Waals surface area contributed by atoms with Crippen molar-refractivity contribution in [2.24, 2.45) is 0 Å². The van der Waals surface area contributed by atoms with E-state index in [0.717, 1.165) is 24.6 Å². The maximum Gasteiger partial charge on any atom is 0.257 e. The van der Waals surface area contributed by atoms with Crippen molar-refractivity contribution in [3.8, 4) is 11.5 Å². The van der Waals surface area contributed by atoms with E-state index in [1.165, 1.54) is 0 Å². The van der Waals surface area contributed by atoms with Gasteiger partial charge in [-0.05, 0) is 31.2 Å². The summed E-state index contributed by atoms with van der Waals surface area (Å²) in [7, 11) is 0. The van der Waals surface area contributed by atoms with Crippen LogP contribution in [0, 0.1) is 6.92 Å². The average Bonchev–Trinajstić information content (AvgIpc) is 2.68. The zero-order chi connectivity index (χ0) is 17.2. The van der Waals surface area contributed by atoms with Gasteiger partial charge in [-0.15, -0.1) is 5.10 Å². The first kappa shape index (κ1) is 15.7. The highest BCUT2D eigenvalue weighted by Crippen LogP contribution is 2.34. The van der Waals surface area contributed by atoms with E-state index in [2.05, 4.69) is 15.1 Å². The molecule has 2 aliphatic heterocycles. The molecule has 0 aliphatic carbocycles. The van der Waals surface area contributed by atoms with Crippen molar-refractivity contribution in [1.82, 2.24) is 15.1 Å². The van der Waals surface area contributed by atoms with Crippen LogP contribution in [0.1, 0.15) is 16.1 Å². The Hall–Kier alpha value is -2.83. The van der Waals surface area contributed by atoms with Crippen LogP contribution in [0.2, 0.25) is 0 Å². The van der Waals surface area contributed by atoms with Gasteiger partial charge in [-0.1, -0.05) is 6.07 Å². The lowest BCUT2D eigenvalue weighted by Gasteiger charge is -2.35. The van der Waals surface area contributed by atoms with Crippen molar-refractivity contribution in [2.45, 2.75) is 6.92 Å². The van der Waals surface area contributed by atoms with Gasteiger partial charge in [0.2, 0.25) is 0 Å². The van der Waals surface area contributed by atoms with E-state index < -0.39 is 0 Å². The number of piperazine rings is 1. The topological polar surface area (TPSA) is 67.8 Å². The molecule has 1 aromatic heterocycles. The largest absolute Gasteiger partial charge is 0.486 e. The summed E-state index contributed by atoms with van der Waals surface area (Å²) in [6.45, 7) is 5.64. The van der Waals surface area contributed by atoms with Gasteiger partial charge in [0.15, 0.2) is 17.3 Å². The Bertz CT molecular complexity index is 770. The summed E-state index contributed by atoms with van der Waals surface area (Å²) in [5, 5.41) is 8.33. The van der Waals surface area contributed by atoms with Gasteiger partial charge in [-0.2, -0.15) is 5.10 Å². The lowest BCUT2D eigenvalue weighted by atomic mass is 10.1. The number of benzene rings is 1. The first-order chi connectivity index (χ1) is 12.2. The third-order valence-electron chi connectivity index (χ3n) is 4.47. The molecule has 0 bridgehead atoms. The summed E-state index contributed by atoms with van der Waals surface area (Å²) in [6.07, 6.45) is 0. The summed E-state index contributed by atoms with van der Waals surface area (Å²) in [6, 6.07) is 9.39. The van der Waals surface area contributed by atoms with Gasteiger partial charge < -0.3 is 19.3 Å². The minimum Gasteiger partial charge on any atom is -0.486 e. The molecule has 1 saturated heterocycles. The number of nitrogens with zero attached hydrogens (tertiary/aromatic N) is 4. The minimum atomic E-state index is -0.0167. The molecule has 0 saturated carbocycles. The highest BCUT2D eigenvalue weighted by Gasteiger charge is 2.27. The normalized spacial score (nSPS) is 16.7. The molecule has 2 aromatic rings. The quantitative estimate of drug-likeness (QED) is 0.826. The molecule has 0 unspecified atom stereocenters. The van der Waals surface area contributed by atoms with E-state index in [1.54, 1.807) is 6.07 Å². The number of anilines is 1. The number of hydrogen-bond donors (Lipinski definition) is 0. The molecule has 0 spiro atoms. The van der Waals surface area contributed by atoms with Crippen LogP contribution in [0.15, 0.2) is 30.3 Å². The molecule has 3 heterocycles. The number of amides is 1. The van der Waals surface area contributed by atoms with Gasteiger partial charge in [-0.3, -0.25) is 4.79 Å². The number of ether oxygens (including phenoxy) is 2. The smallest absolute Gasteiger partial charge is 0.257 e. The number of hydrogen-bond acceptors (Lipinski definition) is 6. The first-order valence-corrected chi connectivity index (χ1v) is 8.45. The Labute approximate surface area is 146 Å². The van der Waals surface area contributed by atoms with Crippen LogP contribution in [0.3, 0.4) is 0 Å². The predicted molar refractivity (Wildman–Crippen MR) is 92.3 cm³/mol. The van der Waals surface area contributed by atoms with Gasteiger partial charge >= 0.3 is 0 Å². The van der Waals surface area contributed by atoms with Crippen molar-refractivity contribution >= 4 is 11.7 Å². The van der Waals surface area contributed by atoms with Crippen molar-refractivity contribution in [3.05, 3.63) is 41.6 Å². The van der Waals surface area contributed by atoms with Crippen LogP contribution in [-0.4, -0.2) is 60.4 Å². The van der Waals surface area contributed by atoms with E-state index >= 15 is 0 Å². The van der Waals surface area contributed by atoms with Gasteiger partial charge in [-0.25, -0.2) is 0 Å². The lowest BCUT2D eigenvalue weighted by Crippen LogP contribution is -2.49. The zero-order valence-electron chi connectivity index (χ0n) is 14.1. The lowest BCUT2D eigenvalue weighted by molar-refractivity contribution is 0.0736. The van der Waals surface area contributed by atoms with Crippen molar-refractivity contribution < 1.29 is 14.3 Å². The number of carbonyl (C=O) groups is 1. The van der Waals surface area contributed by atoms with E-state index in [0.29, 0.717) is 43.4 Å². The van der Waals surface area contributed by atoms with E-state index in [4.69, 9.17) is 9.47 Å². The SMILES string of the molecule is Cc1ccc(N2CCN(C(=O)c3cccc4c3OCCO4)CC2)nn1. The Morgan fingerprint density at radius 3 is 2.56 bits per heavy atom.